The van der Waals surface area contributed by atoms with Gasteiger partial charge in [-0.2, -0.15) is 0 Å². The first-order chi connectivity index (χ1) is 10.6. The number of carbonyl (C=O) groups excluding carboxylic acids is 1. The second-order valence-corrected chi connectivity index (χ2v) is 5.01. The summed E-state index contributed by atoms with van der Waals surface area (Å²) in [6.07, 6.45) is 0. The van der Waals surface area contributed by atoms with Gasteiger partial charge >= 0.3 is 5.88 Å². The minimum Gasteiger partial charge on any atom is -0.395 e. The fraction of sp³-hybridized carbons (Fsp3) is 0.267. The molecule has 1 aliphatic rings. The molecule has 1 aliphatic heterocycles. The minimum atomic E-state index is -0.649. The molecule has 114 valence electrons. The molecule has 0 N–H and O–H groups in total. The van der Waals surface area contributed by atoms with Gasteiger partial charge < -0.3 is 14.2 Å². The smallest absolute Gasteiger partial charge is 0.395 e. The van der Waals surface area contributed by atoms with E-state index >= 15 is 0 Å². The molecule has 1 amide bonds. The number of furan rings is 1. The second-order valence-electron chi connectivity index (χ2n) is 5.01. The highest BCUT2D eigenvalue weighted by Crippen LogP contribution is 2.20. The number of hydrogen-bond acceptors (Lipinski definition) is 5. The Hall–Kier alpha value is -2.83. The standard InChI is InChI=1S/C15H15N3O4/c19-15(13-6-7-14(22-13)18(20)21)17-10-8-16(9-11-17)12-4-2-1-3-5-12/h1-7H,8-11H2. The van der Waals surface area contributed by atoms with Crippen molar-refractivity contribution in [2.24, 2.45) is 0 Å². The van der Waals surface area contributed by atoms with E-state index in [1.54, 1.807) is 4.90 Å². The molecule has 0 saturated carbocycles. The molecule has 2 heterocycles. The van der Waals surface area contributed by atoms with E-state index in [1.807, 2.05) is 30.3 Å². The summed E-state index contributed by atoms with van der Waals surface area (Å²) in [5.74, 6) is -0.702. The van der Waals surface area contributed by atoms with E-state index in [4.69, 9.17) is 4.42 Å². The number of nitro groups is 1. The van der Waals surface area contributed by atoms with Gasteiger partial charge in [0.25, 0.3) is 5.91 Å². The van der Waals surface area contributed by atoms with Crippen LogP contribution in [0.1, 0.15) is 10.6 Å². The van der Waals surface area contributed by atoms with E-state index < -0.39 is 10.8 Å². The third kappa shape index (κ3) is 2.78. The Morgan fingerprint density at radius 1 is 1.05 bits per heavy atom. The van der Waals surface area contributed by atoms with Gasteiger partial charge in [0.05, 0.1) is 6.07 Å². The minimum absolute atomic E-state index is 0.0138. The Labute approximate surface area is 126 Å². The highest BCUT2D eigenvalue weighted by atomic mass is 16.6. The van der Waals surface area contributed by atoms with Crippen LogP contribution in [-0.4, -0.2) is 41.9 Å². The first-order valence-electron chi connectivity index (χ1n) is 6.98. The van der Waals surface area contributed by atoms with Crippen LogP contribution >= 0.6 is 0 Å². The third-order valence-corrected chi connectivity index (χ3v) is 3.67. The maximum absolute atomic E-state index is 12.3. The van der Waals surface area contributed by atoms with Gasteiger partial charge in [0.1, 0.15) is 4.92 Å². The van der Waals surface area contributed by atoms with E-state index in [1.165, 1.54) is 12.1 Å². The van der Waals surface area contributed by atoms with Gasteiger partial charge in [-0.25, -0.2) is 0 Å². The molecule has 0 bridgehead atoms. The average Bonchev–Trinajstić information content (AvgIpc) is 3.05. The topological polar surface area (TPSA) is 79.8 Å². The summed E-state index contributed by atoms with van der Waals surface area (Å²) in [7, 11) is 0. The maximum atomic E-state index is 12.3. The number of amides is 1. The molecule has 22 heavy (non-hydrogen) atoms. The van der Waals surface area contributed by atoms with Crippen LogP contribution in [0.3, 0.4) is 0 Å². The molecule has 0 aliphatic carbocycles. The molecule has 1 aromatic carbocycles. The number of carbonyl (C=O) groups is 1. The average molecular weight is 301 g/mol. The van der Waals surface area contributed by atoms with E-state index in [9.17, 15) is 14.9 Å². The Kier molecular flexibility index (Phi) is 3.78. The molecular weight excluding hydrogens is 286 g/mol. The number of hydrogen-bond donors (Lipinski definition) is 0. The van der Waals surface area contributed by atoms with Crippen LogP contribution in [0, 0.1) is 10.1 Å². The van der Waals surface area contributed by atoms with Crippen LogP contribution in [0.15, 0.2) is 46.9 Å². The quantitative estimate of drug-likeness (QED) is 0.641. The second kappa shape index (κ2) is 5.88. The normalized spacial score (nSPS) is 14.9. The lowest BCUT2D eigenvalue weighted by molar-refractivity contribution is -0.402. The van der Waals surface area contributed by atoms with Gasteiger partial charge in [-0.05, 0) is 18.2 Å². The van der Waals surface area contributed by atoms with E-state index in [-0.39, 0.29) is 11.7 Å². The van der Waals surface area contributed by atoms with Crippen LogP contribution < -0.4 is 4.90 Å². The van der Waals surface area contributed by atoms with Gasteiger partial charge in [-0.3, -0.25) is 14.9 Å². The van der Waals surface area contributed by atoms with Crippen LogP contribution in [0.25, 0.3) is 0 Å². The van der Waals surface area contributed by atoms with Gasteiger partial charge in [-0.1, -0.05) is 18.2 Å². The summed E-state index contributed by atoms with van der Waals surface area (Å²) in [6, 6.07) is 12.6. The number of piperazine rings is 1. The molecule has 2 aromatic rings. The molecule has 0 atom stereocenters. The summed E-state index contributed by atoms with van der Waals surface area (Å²) in [6.45, 7) is 2.56. The summed E-state index contributed by atoms with van der Waals surface area (Å²) in [5, 5.41) is 10.6. The van der Waals surface area contributed by atoms with Crippen molar-refractivity contribution in [2.75, 3.05) is 31.1 Å². The summed E-state index contributed by atoms with van der Waals surface area (Å²) >= 11 is 0. The van der Waals surface area contributed by atoms with Crippen molar-refractivity contribution in [2.45, 2.75) is 0 Å². The predicted octanol–water partition coefficient (Wildman–Crippen LogP) is 2.15. The monoisotopic (exact) mass is 301 g/mol. The molecule has 1 fully saturated rings. The van der Waals surface area contributed by atoms with Crippen LogP contribution in [0.5, 0.6) is 0 Å². The summed E-state index contributed by atoms with van der Waals surface area (Å²) < 4.78 is 4.97. The predicted molar refractivity (Wildman–Crippen MR) is 79.9 cm³/mol. The Balaban J connectivity index is 1.63. The lowest BCUT2D eigenvalue weighted by Gasteiger charge is -2.35. The molecule has 0 unspecified atom stereocenters. The van der Waals surface area contributed by atoms with Crippen LogP contribution in [0.2, 0.25) is 0 Å². The molecular formula is C15H15N3O4. The van der Waals surface area contributed by atoms with Crippen molar-refractivity contribution in [3.63, 3.8) is 0 Å². The Morgan fingerprint density at radius 2 is 1.73 bits per heavy atom. The fourth-order valence-corrected chi connectivity index (χ4v) is 2.50. The van der Waals surface area contributed by atoms with Crippen LogP contribution in [-0.2, 0) is 0 Å². The molecule has 0 spiro atoms. The molecule has 1 aromatic heterocycles. The number of benzene rings is 1. The van der Waals surface area contributed by atoms with Crippen molar-refractivity contribution < 1.29 is 14.1 Å². The highest BCUT2D eigenvalue weighted by Gasteiger charge is 2.26. The first-order valence-corrected chi connectivity index (χ1v) is 6.98. The van der Waals surface area contributed by atoms with E-state index in [2.05, 4.69) is 4.90 Å². The van der Waals surface area contributed by atoms with Gasteiger partial charge in [0.2, 0.25) is 0 Å². The van der Waals surface area contributed by atoms with Crippen LogP contribution in [0.4, 0.5) is 11.6 Å². The zero-order valence-corrected chi connectivity index (χ0v) is 11.8. The van der Waals surface area contributed by atoms with Crippen molar-refractivity contribution in [3.05, 3.63) is 58.3 Å². The SMILES string of the molecule is O=C(c1ccc([N+](=O)[O-])o1)N1CCN(c2ccccc2)CC1. The lowest BCUT2D eigenvalue weighted by Crippen LogP contribution is -2.48. The summed E-state index contributed by atoms with van der Waals surface area (Å²) in [5.41, 5.74) is 1.13. The number of para-hydroxylation sites is 1. The Bertz CT molecular complexity index is 675. The van der Waals surface area contributed by atoms with Crippen molar-refractivity contribution in [3.8, 4) is 0 Å². The maximum Gasteiger partial charge on any atom is 0.433 e. The van der Waals surface area contributed by atoms with Gasteiger partial charge in [0.15, 0.2) is 5.76 Å². The fourth-order valence-electron chi connectivity index (χ4n) is 2.50. The zero-order chi connectivity index (χ0) is 15.5. The number of anilines is 1. The molecule has 1 saturated heterocycles. The third-order valence-electron chi connectivity index (χ3n) is 3.67. The highest BCUT2D eigenvalue weighted by molar-refractivity contribution is 5.92. The Morgan fingerprint density at radius 3 is 2.32 bits per heavy atom. The van der Waals surface area contributed by atoms with Crippen molar-refractivity contribution >= 4 is 17.5 Å². The largest absolute Gasteiger partial charge is 0.433 e. The lowest BCUT2D eigenvalue weighted by atomic mass is 10.2. The first kappa shape index (κ1) is 14.1. The zero-order valence-electron chi connectivity index (χ0n) is 11.8. The van der Waals surface area contributed by atoms with Gasteiger partial charge in [-0.15, -0.1) is 0 Å². The van der Waals surface area contributed by atoms with Crippen molar-refractivity contribution in [1.82, 2.24) is 4.90 Å². The number of nitrogens with zero attached hydrogens (tertiary/aromatic N) is 3. The number of rotatable bonds is 3. The molecule has 3 rings (SSSR count). The van der Waals surface area contributed by atoms with E-state index in [0.717, 1.165) is 18.8 Å². The molecule has 7 heteroatoms. The van der Waals surface area contributed by atoms with Crippen molar-refractivity contribution in [1.29, 1.82) is 0 Å². The summed E-state index contributed by atoms with van der Waals surface area (Å²) in [4.78, 5) is 26.1. The van der Waals surface area contributed by atoms with Gasteiger partial charge in [0, 0.05) is 31.9 Å². The molecule has 0 radical (unpaired) electrons. The van der Waals surface area contributed by atoms with E-state index in [0.29, 0.717) is 13.1 Å². The molecule has 7 nitrogen and oxygen atoms in total.